The summed E-state index contributed by atoms with van der Waals surface area (Å²) >= 11 is 0. The predicted molar refractivity (Wildman–Crippen MR) is 105 cm³/mol. The standard InChI is InChI=1S/C21H21N3O3/c1-27-19-6-4-5-18(13-19)23-21(26)22-14-16-8-10-17(11-9-16)15-24-12-3-2-7-20(24)25/h2-13H,14-15H2,1H3,(H2,22,23,26). The number of ether oxygens (including phenoxy) is 1. The van der Waals surface area contributed by atoms with Gasteiger partial charge in [-0.15, -0.1) is 0 Å². The number of hydrogen-bond acceptors (Lipinski definition) is 3. The van der Waals surface area contributed by atoms with Gasteiger partial charge in [-0.25, -0.2) is 4.79 Å². The molecule has 0 unspecified atom stereocenters. The van der Waals surface area contributed by atoms with Crippen molar-refractivity contribution in [2.45, 2.75) is 13.1 Å². The van der Waals surface area contributed by atoms with Crippen molar-refractivity contribution in [2.24, 2.45) is 0 Å². The fourth-order valence-corrected chi connectivity index (χ4v) is 2.61. The minimum atomic E-state index is -0.289. The number of anilines is 1. The van der Waals surface area contributed by atoms with Crippen LogP contribution in [0.15, 0.2) is 77.7 Å². The largest absolute Gasteiger partial charge is 0.497 e. The molecule has 3 aromatic rings. The number of methoxy groups -OCH3 is 1. The summed E-state index contributed by atoms with van der Waals surface area (Å²) in [6.07, 6.45) is 1.76. The highest BCUT2D eigenvalue weighted by atomic mass is 16.5. The van der Waals surface area contributed by atoms with Crippen molar-refractivity contribution in [3.63, 3.8) is 0 Å². The van der Waals surface area contributed by atoms with Crippen molar-refractivity contribution in [2.75, 3.05) is 12.4 Å². The molecule has 0 radical (unpaired) electrons. The van der Waals surface area contributed by atoms with Gasteiger partial charge in [0.15, 0.2) is 0 Å². The van der Waals surface area contributed by atoms with Gasteiger partial charge in [0, 0.05) is 30.6 Å². The van der Waals surface area contributed by atoms with Crippen LogP contribution < -0.4 is 20.9 Å². The second-order valence-electron chi connectivity index (χ2n) is 6.02. The van der Waals surface area contributed by atoms with Crippen molar-refractivity contribution < 1.29 is 9.53 Å². The molecule has 2 amide bonds. The van der Waals surface area contributed by atoms with Crippen LogP contribution in [0.1, 0.15) is 11.1 Å². The Bertz CT molecular complexity index is 965. The highest BCUT2D eigenvalue weighted by Gasteiger charge is 2.03. The maximum absolute atomic E-state index is 12.0. The number of amides is 2. The quantitative estimate of drug-likeness (QED) is 0.706. The van der Waals surface area contributed by atoms with Crippen molar-refractivity contribution in [1.29, 1.82) is 0 Å². The number of rotatable bonds is 6. The molecule has 6 heteroatoms. The topological polar surface area (TPSA) is 72.4 Å². The number of aromatic nitrogens is 1. The van der Waals surface area contributed by atoms with E-state index in [-0.39, 0.29) is 11.6 Å². The Morgan fingerprint density at radius 2 is 1.78 bits per heavy atom. The van der Waals surface area contributed by atoms with Crippen molar-refractivity contribution in [1.82, 2.24) is 9.88 Å². The van der Waals surface area contributed by atoms with E-state index in [1.165, 1.54) is 0 Å². The van der Waals surface area contributed by atoms with Gasteiger partial charge in [-0.05, 0) is 29.3 Å². The van der Waals surface area contributed by atoms with Gasteiger partial charge >= 0.3 is 6.03 Å². The minimum Gasteiger partial charge on any atom is -0.497 e. The van der Waals surface area contributed by atoms with E-state index in [2.05, 4.69) is 10.6 Å². The van der Waals surface area contributed by atoms with Crippen LogP contribution in [0.2, 0.25) is 0 Å². The number of pyridine rings is 1. The highest BCUT2D eigenvalue weighted by Crippen LogP contribution is 2.16. The molecular formula is C21H21N3O3. The summed E-state index contributed by atoms with van der Waals surface area (Å²) in [6.45, 7) is 0.922. The number of hydrogen-bond donors (Lipinski definition) is 2. The molecule has 0 saturated carbocycles. The van der Waals surface area contributed by atoms with Crippen LogP contribution in [-0.2, 0) is 13.1 Å². The van der Waals surface area contributed by atoms with Crippen molar-refractivity contribution in [3.8, 4) is 5.75 Å². The average molecular weight is 363 g/mol. The monoisotopic (exact) mass is 363 g/mol. The summed E-state index contributed by atoms with van der Waals surface area (Å²) < 4.78 is 6.78. The summed E-state index contributed by atoms with van der Waals surface area (Å²) in [4.78, 5) is 23.8. The second kappa shape index (κ2) is 8.71. The number of benzene rings is 2. The van der Waals surface area contributed by atoms with Gasteiger partial charge in [-0.3, -0.25) is 4.79 Å². The molecular weight excluding hydrogens is 342 g/mol. The van der Waals surface area contributed by atoms with Crippen LogP contribution in [0.25, 0.3) is 0 Å². The molecule has 0 atom stereocenters. The number of carbonyl (C=O) groups is 1. The third kappa shape index (κ3) is 5.22. The Hall–Kier alpha value is -3.54. The Balaban J connectivity index is 1.53. The van der Waals surface area contributed by atoms with Crippen molar-refractivity contribution >= 4 is 11.7 Å². The lowest BCUT2D eigenvalue weighted by molar-refractivity contribution is 0.251. The summed E-state index contributed by atoms with van der Waals surface area (Å²) in [7, 11) is 1.58. The SMILES string of the molecule is COc1cccc(NC(=O)NCc2ccc(Cn3ccccc3=O)cc2)c1. The zero-order valence-corrected chi connectivity index (χ0v) is 15.0. The van der Waals surface area contributed by atoms with Gasteiger partial charge in [-0.2, -0.15) is 0 Å². The van der Waals surface area contributed by atoms with Crippen LogP contribution >= 0.6 is 0 Å². The van der Waals surface area contributed by atoms with Gasteiger partial charge in [-0.1, -0.05) is 36.4 Å². The molecule has 0 saturated heterocycles. The molecule has 27 heavy (non-hydrogen) atoms. The Labute approximate surface area is 157 Å². The molecule has 0 aliphatic rings. The summed E-state index contributed by atoms with van der Waals surface area (Å²) in [5.41, 5.74) is 2.63. The van der Waals surface area contributed by atoms with E-state index in [9.17, 15) is 9.59 Å². The summed E-state index contributed by atoms with van der Waals surface area (Å²) in [6, 6.07) is 19.8. The second-order valence-corrected chi connectivity index (χ2v) is 6.02. The van der Waals surface area contributed by atoms with Gasteiger partial charge in [0.05, 0.1) is 13.7 Å². The van der Waals surface area contributed by atoms with Crippen LogP contribution in [0.3, 0.4) is 0 Å². The Morgan fingerprint density at radius 1 is 1.00 bits per heavy atom. The van der Waals surface area contributed by atoms with E-state index in [0.29, 0.717) is 24.5 Å². The molecule has 138 valence electrons. The molecule has 2 N–H and O–H groups in total. The lowest BCUT2D eigenvalue weighted by atomic mass is 10.1. The van der Waals surface area contributed by atoms with Gasteiger partial charge in [0.2, 0.25) is 0 Å². The normalized spacial score (nSPS) is 10.3. The van der Waals surface area contributed by atoms with Gasteiger partial charge in [0.1, 0.15) is 5.75 Å². The van der Waals surface area contributed by atoms with E-state index < -0.39 is 0 Å². The van der Waals surface area contributed by atoms with E-state index in [1.807, 2.05) is 42.5 Å². The third-order valence-corrected chi connectivity index (χ3v) is 4.06. The van der Waals surface area contributed by atoms with E-state index in [0.717, 1.165) is 11.1 Å². The first-order valence-corrected chi connectivity index (χ1v) is 8.56. The lowest BCUT2D eigenvalue weighted by Crippen LogP contribution is -2.28. The van der Waals surface area contributed by atoms with E-state index in [1.54, 1.807) is 42.1 Å². The first-order chi connectivity index (χ1) is 13.1. The smallest absolute Gasteiger partial charge is 0.319 e. The summed E-state index contributed by atoms with van der Waals surface area (Å²) in [5.74, 6) is 0.681. The molecule has 0 bridgehead atoms. The number of nitrogens with one attached hydrogen (secondary N) is 2. The van der Waals surface area contributed by atoms with Gasteiger partial charge < -0.3 is 19.9 Å². The number of urea groups is 1. The number of carbonyl (C=O) groups excluding carboxylic acids is 1. The molecule has 1 aromatic heterocycles. The van der Waals surface area contributed by atoms with Gasteiger partial charge in [0.25, 0.3) is 5.56 Å². The maximum atomic E-state index is 12.0. The molecule has 3 rings (SSSR count). The third-order valence-electron chi connectivity index (χ3n) is 4.06. The Morgan fingerprint density at radius 3 is 2.52 bits per heavy atom. The van der Waals surface area contributed by atoms with Crippen LogP contribution in [0, 0.1) is 0 Å². The van der Waals surface area contributed by atoms with Crippen LogP contribution in [-0.4, -0.2) is 17.7 Å². The average Bonchev–Trinajstić information content (AvgIpc) is 2.69. The zero-order valence-electron chi connectivity index (χ0n) is 15.0. The predicted octanol–water partition coefficient (Wildman–Crippen LogP) is 3.23. The molecule has 0 aliphatic carbocycles. The fourth-order valence-electron chi connectivity index (χ4n) is 2.61. The molecule has 6 nitrogen and oxygen atoms in total. The Kier molecular flexibility index (Phi) is 5.89. The zero-order chi connectivity index (χ0) is 19.1. The summed E-state index contributed by atoms with van der Waals surface area (Å²) in [5, 5.41) is 5.59. The van der Waals surface area contributed by atoms with E-state index >= 15 is 0 Å². The number of nitrogens with zero attached hydrogens (tertiary/aromatic N) is 1. The molecule has 2 aromatic carbocycles. The first kappa shape index (κ1) is 18.3. The van der Waals surface area contributed by atoms with E-state index in [4.69, 9.17) is 4.74 Å². The highest BCUT2D eigenvalue weighted by molar-refractivity contribution is 5.89. The maximum Gasteiger partial charge on any atom is 0.319 e. The molecule has 0 aliphatic heterocycles. The fraction of sp³-hybridized carbons (Fsp3) is 0.143. The first-order valence-electron chi connectivity index (χ1n) is 8.56. The molecule has 1 heterocycles. The lowest BCUT2D eigenvalue weighted by Gasteiger charge is -2.10. The minimum absolute atomic E-state index is 0.0301. The van der Waals surface area contributed by atoms with Crippen molar-refractivity contribution in [3.05, 3.63) is 94.4 Å². The molecule has 0 fully saturated rings. The van der Waals surface area contributed by atoms with Crippen LogP contribution in [0.5, 0.6) is 5.75 Å². The van der Waals surface area contributed by atoms with Crippen LogP contribution in [0.4, 0.5) is 10.5 Å². The molecule has 0 spiro atoms.